The third kappa shape index (κ3) is 2.09. The molecule has 1 saturated carbocycles. The maximum Gasteiger partial charge on any atom is 0.192 e. The summed E-state index contributed by atoms with van der Waals surface area (Å²) in [4.78, 5) is 0. The zero-order valence-corrected chi connectivity index (χ0v) is 9.85. The lowest BCUT2D eigenvalue weighted by atomic mass is 10.2. The summed E-state index contributed by atoms with van der Waals surface area (Å²) >= 11 is 0. The smallest absolute Gasteiger partial charge is 0.192 e. The molecule has 0 saturated heterocycles. The van der Waals surface area contributed by atoms with Crippen molar-refractivity contribution < 1.29 is 4.43 Å². The van der Waals surface area contributed by atoms with Crippen LogP contribution >= 0.6 is 0 Å². The zero-order chi connectivity index (χ0) is 9.57. The maximum atomic E-state index is 6.04. The summed E-state index contributed by atoms with van der Waals surface area (Å²) in [5.41, 5.74) is 5.71. The van der Waals surface area contributed by atoms with Crippen molar-refractivity contribution >= 4 is 8.32 Å². The molecule has 0 aromatic heterocycles. The minimum Gasteiger partial charge on any atom is -0.412 e. The molecule has 2 nitrogen and oxygen atoms in total. The van der Waals surface area contributed by atoms with Crippen LogP contribution in [0, 0.1) is 0 Å². The fourth-order valence-corrected chi connectivity index (χ4v) is 2.26. The van der Waals surface area contributed by atoms with Gasteiger partial charge in [-0.3, -0.25) is 0 Å². The highest BCUT2D eigenvalue weighted by Gasteiger charge is 2.45. The summed E-state index contributed by atoms with van der Waals surface area (Å²) in [6.45, 7) is 11.3. The van der Waals surface area contributed by atoms with Crippen molar-refractivity contribution in [3.8, 4) is 0 Å². The Hall–Kier alpha value is 0.137. The number of rotatable bonds is 2. The molecule has 0 radical (unpaired) electrons. The Balaban J connectivity index is 2.48. The molecule has 1 fully saturated rings. The van der Waals surface area contributed by atoms with Crippen LogP contribution in [0.5, 0.6) is 0 Å². The molecule has 0 heterocycles. The van der Waals surface area contributed by atoms with E-state index in [4.69, 9.17) is 10.2 Å². The van der Waals surface area contributed by atoms with E-state index in [1.54, 1.807) is 0 Å². The van der Waals surface area contributed by atoms with Gasteiger partial charge in [-0.25, -0.2) is 0 Å². The van der Waals surface area contributed by atoms with Gasteiger partial charge >= 0.3 is 0 Å². The van der Waals surface area contributed by atoms with E-state index in [9.17, 15) is 0 Å². The first-order chi connectivity index (χ1) is 5.24. The second kappa shape index (κ2) is 2.82. The molecule has 2 N–H and O–H groups in total. The first kappa shape index (κ1) is 10.2. The Bertz CT molecular complexity index is 174. The van der Waals surface area contributed by atoms with Crippen molar-refractivity contribution in [2.45, 2.75) is 57.5 Å². The normalized spacial score (nSPS) is 30.5. The minimum atomic E-state index is -1.53. The van der Waals surface area contributed by atoms with Gasteiger partial charge in [-0.15, -0.1) is 0 Å². The number of hydrogen-bond donors (Lipinski definition) is 1. The van der Waals surface area contributed by atoms with Gasteiger partial charge in [0.15, 0.2) is 8.32 Å². The molecule has 0 aliphatic heterocycles. The topological polar surface area (TPSA) is 35.2 Å². The van der Waals surface area contributed by atoms with E-state index in [1.165, 1.54) is 0 Å². The van der Waals surface area contributed by atoms with Gasteiger partial charge in [0.05, 0.1) is 6.10 Å². The summed E-state index contributed by atoms with van der Waals surface area (Å²) in [6, 6.07) is 0.319. The van der Waals surface area contributed by atoms with Crippen molar-refractivity contribution in [3.63, 3.8) is 0 Å². The van der Waals surface area contributed by atoms with Crippen LogP contribution < -0.4 is 5.73 Å². The van der Waals surface area contributed by atoms with E-state index in [0.29, 0.717) is 17.2 Å². The molecule has 12 heavy (non-hydrogen) atoms. The lowest BCUT2D eigenvalue weighted by Gasteiger charge is -2.36. The SMILES string of the molecule is CC(C)(C)[Si](C)(C)O[C@@H]1C[C@H]1N. The van der Waals surface area contributed by atoms with Crippen LogP contribution in [-0.2, 0) is 4.43 Å². The van der Waals surface area contributed by atoms with Crippen LogP contribution in [0.15, 0.2) is 0 Å². The van der Waals surface area contributed by atoms with Crippen molar-refractivity contribution in [2.24, 2.45) is 5.73 Å². The average Bonchev–Trinajstić information content (AvgIpc) is 2.41. The molecule has 0 spiro atoms. The highest BCUT2D eigenvalue weighted by molar-refractivity contribution is 6.74. The fraction of sp³-hybridized carbons (Fsp3) is 1.00. The quantitative estimate of drug-likeness (QED) is 0.672. The largest absolute Gasteiger partial charge is 0.412 e. The third-order valence-electron chi connectivity index (χ3n) is 3.03. The van der Waals surface area contributed by atoms with Crippen LogP contribution in [-0.4, -0.2) is 20.5 Å². The lowest BCUT2D eigenvalue weighted by molar-refractivity contribution is 0.268. The average molecular weight is 187 g/mol. The molecule has 1 aliphatic rings. The predicted octanol–water partition coefficient (Wildman–Crippen LogP) is 2.11. The Morgan fingerprint density at radius 3 is 2.00 bits per heavy atom. The van der Waals surface area contributed by atoms with Crippen LogP contribution in [0.3, 0.4) is 0 Å². The van der Waals surface area contributed by atoms with Gasteiger partial charge in [-0.1, -0.05) is 20.8 Å². The van der Waals surface area contributed by atoms with E-state index in [1.807, 2.05) is 0 Å². The van der Waals surface area contributed by atoms with E-state index < -0.39 is 8.32 Å². The maximum absolute atomic E-state index is 6.04. The molecule has 1 rings (SSSR count). The lowest BCUT2D eigenvalue weighted by Crippen LogP contribution is -2.42. The number of nitrogens with two attached hydrogens (primary N) is 1. The Morgan fingerprint density at radius 1 is 1.33 bits per heavy atom. The van der Waals surface area contributed by atoms with Gasteiger partial charge < -0.3 is 10.2 Å². The van der Waals surface area contributed by atoms with Crippen LogP contribution in [0.4, 0.5) is 0 Å². The molecular weight excluding hydrogens is 166 g/mol. The van der Waals surface area contributed by atoms with Crippen LogP contribution in [0.2, 0.25) is 18.1 Å². The predicted molar refractivity (Wildman–Crippen MR) is 54.7 cm³/mol. The van der Waals surface area contributed by atoms with Gasteiger partial charge in [0.1, 0.15) is 0 Å². The summed E-state index contributed by atoms with van der Waals surface area (Å²) in [5.74, 6) is 0. The first-order valence-corrected chi connectivity index (χ1v) is 7.58. The third-order valence-corrected chi connectivity index (χ3v) is 7.54. The molecule has 0 bridgehead atoms. The highest BCUT2D eigenvalue weighted by atomic mass is 28.4. The van der Waals surface area contributed by atoms with Crippen molar-refractivity contribution in [2.75, 3.05) is 0 Å². The summed E-state index contributed by atoms with van der Waals surface area (Å²) < 4.78 is 6.04. The minimum absolute atomic E-state index is 0.315. The molecular formula is C9H21NOSi. The molecule has 0 unspecified atom stereocenters. The molecule has 72 valence electrons. The van der Waals surface area contributed by atoms with Gasteiger partial charge in [0.25, 0.3) is 0 Å². The Kier molecular flexibility index (Phi) is 2.40. The molecule has 0 aromatic carbocycles. The monoisotopic (exact) mass is 187 g/mol. The van der Waals surface area contributed by atoms with Gasteiger partial charge in [0.2, 0.25) is 0 Å². The Labute approximate surface area is 76.6 Å². The molecule has 2 atom stereocenters. The second-order valence-electron chi connectivity index (χ2n) is 5.32. The Morgan fingerprint density at radius 2 is 1.75 bits per heavy atom. The van der Waals surface area contributed by atoms with Crippen molar-refractivity contribution in [1.29, 1.82) is 0 Å². The van der Waals surface area contributed by atoms with Crippen molar-refractivity contribution in [3.05, 3.63) is 0 Å². The summed E-state index contributed by atoms with van der Waals surface area (Å²) in [5, 5.41) is 0.315. The van der Waals surface area contributed by atoms with Crippen molar-refractivity contribution in [1.82, 2.24) is 0 Å². The highest BCUT2D eigenvalue weighted by Crippen LogP contribution is 2.40. The summed E-state index contributed by atoms with van der Waals surface area (Å²) in [7, 11) is -1.53. The second-order valence-corrected chi connectivity index (χ2v) is 10.1. The fourth-order valence-electron chi connectivity index (χ4n) is 0.880. The van der Waals surface area contributed by atoms with E-state index in [-0.39, 0.29) is 0 Å². The summed E-state index contributed by atoms with van der Waals surface area (Å²) in [6.07, 6.45) is 1.43. The number of hydrogen-bond acceptors (Lipinski definition) is 2. The van der Waals surface area contributed by atoms with Gasteiger partial charge in [-0.05, 0) is 24.6 Å². The molecule has 0 aromatic rings. The van der Waals surface area contributed by atoms with Gasteiger partial charge in [-0.2, -0.15) is 0 Å². The van der Waals surface area contributed by atoms with E-state index in [2.05, 4.69) is 33.9 Å². The van der Waals surface area contributed by atoms with E-state index >= 15 is 0 Å². The van der Waals surface area contributed by atoms with E-state index in [0.717, 1.165) is 6.42 Å². The standard InChI is InChI=1S/C9H21NOSi/c1-9(2,3)12(4,5)11-8-6-7(8)10/h7-8H,6,10H2,1-5H3/t7-,8-/m1/s1. The molecule has 3 heteroatoms. The van der Waals surface area contributed by atoms with Gasteiger partial charge in [0, 0.05) is 6.04 Å². The molecule has 0 amide bonds. The van der Waals surface area contributed by atoms with Crippen LogP contribution in [0.25, 0.3) is 0 Å². The van der Waals surface area contributed by atoms with Crippen LogP contribution in [0.1, 0.15) is 27.2 Å². The molecule has 1 aliphatic carbocycles. The first-order valence-electron chi connectivity index (χ1n) is 4.67. The zero-order valence-electron chi connectivity index (χ0n) is 8.85.